The van der Waals surface area contributed by atoms with Crippen molar-refractivity contribution in [2.75, 3.05) is 6.54 Å². The minimum absolute atomic E-state index is 0. The van der Waals surface area contributed by atoms with E-state index >= 15 is 0 Å². The van der Waals surface area contributed by atoms with Gasteiger partial charge in [-0.15, -0.1) is 0 Å². The summed E-state index contributed by atoms with van der Waals surface area (Å²) in [5.74, 6) is 0.120. The molecule has 1 aromatic rings. The molecule has 0 heterocycles. The van der Waals surface area contributed by atoms with Gasteiger partial charge in [0.1, 0.15) is 6.54 Å². The van der Waals surface area contributed by atoms with Crippen LogP contribution in [-0.2, 0) is 11.3 Å². The summed E-state index contributed by atoms with van der Waals surface area (Å²) in [5.41, 5.74) is 1.29. The number of halogens is 1. The molecule has 0 fully saturated rings. The molecule has 3 heteroatoms. The van der Waals surface area contributed by atoms with Crippen molar-refractivity contribution in [3.05, 3.63) is 48.6 Å². The number of ketones is 1. The molecule has 0 atom stereocenters. The van der Waals surface area contributed by atoms with E-state index in [1.807, 2.05) is 18.2 Å². The van der Waals surface area contributed by atoms with Crippen LogP contribution in [-0.4, -0.2) is 12.3 Å². The third-order valence-electron chi connectivity index (χ3n) is 2.05. The van der Waals surface area contributed by atoms with Crippen molar-refractivity contribution in [1.82, 2.24) is 0 Å². The van der Waals surface area contributed by atoms with Gasteiger partial charge in [0.05, 0.1) is 13.0 Å². The van der Waals surface area contributed by atoms with Crippen molar-refractivity contribution >= 4 is 5.78 Å². The molecule has 0 aliphatic heterocycles. The lowest BCUT2D eigenvalue weighted by Crippen LogP contribution is -3.00. The summed E-state index contributed by atoms with van der Waals surface area (Å²) in [6.45, 7) is 5.20. The lowest BCUT2D eigenvalue weighted by atomic mass is 10.2. The van der Waals surface area contributed by atoms with E-state index in [0.717, 1.165) is 13.1 Å². The van der Waals surface area contributed by atoms with E-state index in [-0.39, 0.29) is 18.2 Å². The molecule has 0 saturated heterocycles. The number of carbonyl (C=O) groups excluding carboxylic acids is 1. The van der Waals surface area contributed by atoms with E-state index < -0.39 is 0 Å². The molecule has 0 bridgehead atoms. The lowest BCUT2D eigenvalue weighted by molar-refractivity contribution is -0.669. The molecule has 0 unspecified atom stereocenters. The molecule has 0 radical (unpaired) electrons. The summed E-state index contributed by atoms with van der Waals surface area (Å²) in [4.78, 5) is 10.9. The van der Waals surface area contributed by atoms with Crippen molar-refractivity contribution in [1.29, 1.82) is 0 Å². The molecule has 0 amide bonds. The number of quaternary nitrogens is 1. The van der Waals surface area contributed by atoms with Crippen LogP contribution in [0.2, 0.25) is 0 Å². The van der Waals surface area contributed by atoms with Crippen LogP contribution < -0.4 is 17.7 Å². The van der Waals surface area contributed by atoms with Crippen molar-refractivity contribution in [2.24, 2.45) is 0 Å². The Morgan fingerprint density at radius 3 is 2.60 bits per heavy atom. The third kappa shape index (κ3) is 6.05. The fraction of sp³-hybridized carbons (Fsp3) is 0.250. The molecule has 15 heavy (non-hydrogen) atoms. The van der Waals surface area contributed by atoms with E-state index in [9.17, 15) is 4.79 Å². The highest BCUT2D eigenvalue weighted by Crippen LogP contribution is 1.94. The van der Waals surface area contributed by atoms with Gasteiger partial charge < -0.3 is 17.7 Å². The first kappa shape index (κ1) is 13.9. The zero-order chi connectivity index (χ0) is 10.2. The predicted octanol–water partition coefficient (Wildman–Crippen LogP) is -2.10. The fourth-order valence-electron chi connectivity index (χ4n) is 1.23. The maximum absolute atomic E-state index is 10.9. The highest BCUT2D eigenvalue weighted by atomic mass is 35.5. The molecule has 1 aromatic carbocycles. The fourth-order valence-corrected chi connectivity index (χ4v) is 1.23. The normalized spacial score (nSPS) is 9.07. The summed E-state index contributed by atoms with van der Waals surface area (Å²) >= 11 is 0. The standard InChI is InChI=1S/C12H15NO.ClH/c1-2-12(14)8-9-13-10-11-6-4-3-5-7-11;/h2-7,13H,1,8-10H2;1H. The minimum atomic E-state index is 0. The third-order valence-corrected chi connectivity index (χ3v) is 2.05. The van der Waals surface area contributed by atoms with Crippen LogP contribution in [0.4, 0.5) is 0 Å². The Balaban J connectivity index is 0.00000196. The Hall–Kier alpha value is -1.12. The molecule has 0 spiro atoms. The van der Waals surface area contributed by atoms with E-state index in [0.29, 0.717) is 6.42 Å². The van der Waals surface area contributed by atoms with Gasteiger partial charge in [-0.25, -0.2) is 0 Å². The number of nitrogens with two attached hydrogens (primary N) is 1. The molecular formula is C12H16ClNO. The van der Waals surface area contributed by atoms with Gasteiger partial charge in [0.25, 0.3) is 0 Å². The van der Waals surface area contributed by atoms with Crippen LogP contribution in [0.15, 0.2) is 43.0 Å². The molecule has 1 rings (SSSR count). The Labute approximate surface area is 96.8 Å². The molecular weight excluding hydrogens is 210 g/mol. The first-order chi connectivity index (χ1) is 6.83. The van der Waals surface area contributed by atoms with Gasteiger partial charge in [-0.1, -0.05) is 36.9 Å². The van der Waals surface area contributed by atoms with E-state index in [4.69, 9.17) is 0 Å². The number of carbonyl (C=O) groups is 1. The highest BCUT2D eigenvalue weighted by molar-refractivity contribution is 5.88. The van der Waals surface area contributed by atoms with Crippen LogP contribution in [0.25, 0.3) is 0 Å². The van der Waals surface area contributed by atoms with Gasteiger partial charge in [-0.2, -0.15) is 0 Å². The van der Waals surface area contributed by atoms with Gasteiger partial charge in [0.2, 0.25) is 0 Å². The molecule has 82 valence electrons. The van der Waals surface area contributed by atoms with Crippen LogP contribution in [0.1, 0.15) is 12.0 Å². The van der Waals surface area contributed by atoms with Crippen molar-refractivity contribution in [2.45, 2.75) is 13.0 Å². The SMILES string of the molecule is C=CC(=O)CC[NH2+]Cc1ccccc1.[Cl-]. The maximum Gasteiger partial charge on any atom is 0.160 e. The number of benzene rings is 1. The number of rotatable bonds is 6. The van der Waals surface area contributed by atoms with E-state index in [1.165, 1.54) is 11.6 Å². The summed E-state index contributed by atoms with van der Waals surface area (Å²) < 4.78 is 0. The van der Waals surface area contributed by atoms with Gasteiger partial charge in [-0.05, 0) is 6.08 Å². The molecule has 0 aliphatic carbocycles. The molecule has 0 aromatic heterocycles. The lowest BCUT2D eigenvalue weighted by Gasteiger charge is -1.99. The molecule has 0 aliphatic rings. The summed E-state index contributed by atoms with van der Waals surface area (Å²) in [7, 11) is 0. The highest BCUT2D eigenvalue weighted by Gasteiger charge is 1.97. The molecule has 0 saturated carbocycles. The average molecular weight is 226 g/mol. The Bertz CT molecular complexity index is 298. The summed E-state index contributed by atoms with van der Waals surface area (Å²) in [6, 6.07) is 10.2. The predicted molar refractivity (Wildman–Crippen MR) is 56.8 cm³/mol. The quantitative estimate of drug-likeness (QED) is 0.437. The van der Waals surface area contributed by atoms with E-state index in [2.05, 4.69) is 24.0 Å². The Morgan fingerprint density at radius 1 is 1.33 bits per heavy atom. The topological polar surface area (TPSA) is 33.7 Å². The number of allylic oxidation sites excluding steroid dienone is 1. The number of hydrogen-bond acceptors (Lipinski definition) is 1. The Kier molecular flexibility index (Phi) is 7.60. The first-order valence-electron chi connectivity index (χ1n) is 4.84. The van der Waals surface area contributed by atoms with Crippen LogP contribution in [0.3, 0.4) is 0 Å². The van der Waals surface area contributed by atoms with Crippen LogP contribution >= 0.6 is 0 Å². The monoisotopic (exact) mass is 225 g/mol. The van der Waals surface area contributed by atoms with Gasteiger partial charge in [-0.3, -0.25) is 4.79 Å². The van der Waals surface area contributed by atoms with Crippen LogP contribution in [0, 0.1) is 0 Å². The van der Waals surface area contributed by atoms with Crippen LogP contribution in [0.5, 0.6) is 0 Å². The number of hydrogen-bond donors (Lipinski definition) is 1. The average Bonchev–Trinajstić information content (AvgIpc) is 2.25. The summed E-state index contributed by atoms with van der Waals surface area (Å²) in [5, 5.41) is 2.14. The second-order valence-corrected chi connectivity index (χ2v) is 3.19. The van der Waals surface area contributed by atoms with Gasteiger partial charge in [0.15, 0.2) is 5.78 Å². The van der Waals surface area contributed by atoms with Crippen molar-refractivity contribution < 1.29 is 22.5 Å². The second kappa shape index (κ2) is 8.21. The Morgan fingerprint density at radius 2 is 2.00 bits per heavy atom. The zero-order valence-electron chi connectivity index (χ0n) is 8.66. The minimum Gasteiger partial charge on any atom is -1.00 e. The van der Waals surface area contributed by atoms with Gasteiger partial charge in [0, 0.05) is 5.56 Å². The second-order valence-electron chi connectivity index (χ2n) is 3.19. The largest absolute Gasteiger partial charge is 1.00 e. The van der Waals surface area contributed by atoms with Gasteiger partial charge >= 0.3 is 0 Å². The molecule has 2 nitrogen and oxygen atoms in total. The first-order valence-corrected chi connectivity index (χ1v) is 4.84. The smallest absolute Gasteiger partial charge is 0.160 e. The van der Waals surface area contributed by atoms with Crippen molar-refractivity contribution in [3.8, 4) is 0 Å². The van der Waals surface area contributed by atoms with E-state index in [1.54, 1.807) is 0 Å². The van der Waals surface area contributed by atoms with Crippen molar-refractivity contribution in [3.63, 3.8) is 0 Å². The molecule has 2 N–H and O–H groups in total. The zero-order valence-corrected chi connectivity index (χ0v) is 9.41. The maximum atomic E-state index is 10.9. The summed E-state index contributed by atoms with van der Waals surface area (Å²) in [6.07, 6.45) is 1.96.